The van der Waals surface area contributed by atoms with Crippen LogP contribution in [0.4, 0.5) is 0 Å². The Labute approximate surface area is 182 Å². The molecule has 0 aliphatic heterocycles. The van der Waals surface area contributed by atoms with Crippen LogP contribution in [0.15, 0.2) is 96.2 Å². The molecule has 1 amide bonds. The van der Waals surface area contributed by atoms with Gasteiger partial charge in [0.1, 0.15) is 0 Å². The maximum absolute atomic E-state index is 13.2. The van der Waals surface area contributed by atoms with E-state index in [4.69, 9.17) is 0 Å². The molecule has 0 fully saturated rings. The quantitative estimate of drug-likeness (QED) is 0.470. The number of nitrogens with one attached hydrogen (secondary N) is 1. The lowest BCUT2D eigenvalue weighted by molar-refractivity contribution is 0.0946. The molecule has 1 N–H and O–H groups in total. The zero-order valence-corrected chi connectivity index (χ0v) is 16.9. The minimum absolute atomic E-state index is 0.175. The van der Waals surface area contributed by atoms with Crippen molar-refractivity contribution in [3.05, 3.63) is 113 Å². The van der Waals surface area contributed by atoms with Crippen molar-refractivity contribution in [3.8, 4) is 11.5 Å². The molecular formula is C24H18N6O2. The summed E-state index contributed by atoms with van der Waals surface area (Å²) in [6.07, 6.45) is 5.13. The predicted octanol–water partition coefficient (Wildman–Crippen LogP) is 2.90. The number of para-hydroxylation sites is 1. The molecule has 0 unspecified atom stereocenters. The van der Waals surface area contributed by atoms with E-state index in [9.17, 15) is 9.59 Å². The first-order chi connectivity index (χ1) is 15.7. The highest BCUT2D eigenvalue weighted by molar-refractivity contribution is 6.04. The molecule has 2 aromatic carbocycles. The molecular weight excluding hydrogens is 404 g/mol. The molecule has 0 bridgehead atoms. The van der Waals surface area contributed by atoms with Crippen LogP contribution in [-0.2, 0) is 6.54 Å². The molecule has 8 heteroatoms. The first-order valence-corrected chi connectivity index (χ1v) is 10.0. The third-order valence-electron chi connectivity index (χ3n) is 5.05. The van der Waals surface area contributed by atoms with E-state index in [1.165, 1.54) is 4.68 Å². The number of rotatable bonds is 5. The fourth-order valence-corrected chi connectivity index (χ4v) is 3.53. The average molecular weight is 422 g/mol. The van der Waals surface area contributed by atoms with Crippen LogP contribution in [0.1, 0.15) is 16.1 Å². The number of pyridine rings is 1. The maximum Gasteiger partial charge on any atom is 0.279 e. The highest BCUT2D eigenvalue weighted by Gasteiger charge is 2.18. The van der Waals surface area contributed by atoms with Crippen LogP contribution < -0.4 is 10.9 Å². The number of benzene rings is 2. The van der Waals surface area contributed by atoms with Gasteiger partial charge in [-0.3, -0.25) is 9.59 Å². The first kappa shape index (κ1) is 19.4. The topological polar surface area (TPSA) is 94.7 Å². The van der Waals surface area contributed by atoms with Crippen molar-refractivity contribution in [2.24, 2.45) is 0 Å². The van der Waals surface area contributed by atoms with Gasteiger partial charge in [0.2, 0.25) is 0 Å². The van der Waals surface area contributed by atoms with E-state index >= 15 is 0 Å². The van der Waals surface area contributed by atoms with Gasteiger partial charge in [-0.1, -0.05) is 42.5 Å². The van der Waals surface area contributed by atoms with Crippen molar-refractivity contribution < 1.29 is 4.79 Å². The van der Waals surface area contributed by atoms with Gasteiger partial charge < -0.3 is 5.32 Å². The molecule has 3 heterocycles. The Morgan fingerprint density at radius 1 is 0.875 bits per heavy atom. The molecule has 5 aromatic rings. The van der Waals surface area contributed by atoms with E-state index in [-0.39, 0.29) is 23.7 Å². The molecule has 0 saturated heterocycles. The number of fused-ring (bicyclic) bond motifs is 1. The number of carbonyl (C=O) groups is 1. The molecule has 32 heavy (non-hydrogen) atoms. The van der Waals surface area contributed by atoms with Gasteiger partial charge >= 0.3 is 0 Å². The third-order valence-corrected chi connectivity index (χ3v) is 5.05. The summed E-state index contributed by atoms with van der Waals surface area (Å²) in [6, 6.07) is 21.5. The summed E-state index contributed by atoms with van der Waals surface area (Å²) >= 11 is 0. The summed E-state index contributed by atoms with van der Waals surface area (Å²) in [4.78, 5) is 30.6. The van der Waals surface area contributed by atoms with E-state index in [1.807, 2.05) is 24.3 Å². The SMILES string of the molecule is O=C(NCc1cccnc1-n1cccn1)c1nn(-c2ccccc2)c(=O)c2ccccc12. The van der Waals surface area contributed by atoms with Crippen LogP contribution in [0, 0.1) is 0 Å². The first-order valence-electron chi connectivity index (χ1n) is 10.0. The standard InChI is InChI=1S/C24H18N6O2/c31-23(26-16-17-8-6-13-25-22(17)29-15-7-14-27-29)21-19-11-4-5-12-20(19)24(32)30(28-21)18-9-2-1-3-10-18/h1-15H,16H2,(H,26,31). The minimum atomic E-state index is -0.388. The van der Waals surface area contributed by atoms with Crippen molar-refractivity contribution >= 4 is 16.7 Å². The summed E-state index contributed by atoms with van der Waals surface area (Å²) < 4.78 is 2.90. The molecule has 0 radical (unpaired) electrons. The zero-order valence-electron chi connectivity index (χ0n) is 16.9. The molecule has 8 nitrogen and oxygen atoms in total. The van der Waals surface area contributed by atoms with Gasteiger partial charge in [0.05, 0.1) is 11.1 Å². The Kier molecular flexibility index (Phi) is 5.01. The van der Waals surface area contributed by atoms with Crippen molar-refractivity contribution in [2.45, 2.75) is 6.54 Å². The van der Waals surface area contributed by atoms with E-state index in [0.29, 0.717) is 22.3 Å². The number of hydrogen-bond acceptors (Lipinski definition) is 5. The monoisotopic (exact) mass is 422 g/mol. The van der Waals surface area contributed by atoms with Gasteiger partial charge in [-0.15, -0.1) is 0 Å². The lowest BCUT2D eigenvalue weighted by atomic mass is 10.1. The Hall–Kier alpha value is -4.59. The van der Waals surface area contributed by atoms with Crippen LogP contribution in [0.5, 0.6) is 0 Å². The molecule has 0 atom stereocenters. The predicted molar refractivity (Wildman–Crippen MR) is 120 cm³/mol. The second-order valence-corrected chi connectivity index (χ2v) is 7.07. The number of hydrogen-bond donors (Lipinski definition) is 1. The molecule has 3 aromatic heterocycles. The van der Waals surface area contributed by atoms with Crippen molar-refractivity contribution in [1.29, 1.82) is 0 Å². The van der Waals surface area contributed by atoms with Crippen LogP contribution in [0.3, 0.4) is 0 Å². The summed E-state index contributed by atoms with van der Waals surface area (Å²) in [6.45, 7) is 0.225. The van der Waals surface area contributed by atoms with Gasteiger partial charge in [0.25, 0.3) is 11.5 Å². The molecule has 156 valence electrons. The van der Waals surface area contributed by atoms with Crippen molar-refractivity contribution in [1.82, 2.24) is 29.9 Å². The summed E-state index contributed by atoms with van der Waals surface area (Å²) in [7, 11) is 0. The zero-order chi connectivity index (χ0) is 21.9. The Morgan fingerprint density at radius 2 is 1.66 bits per heavy atom. The second-order valence-electron chi connectivity index (χ2n) is 7.07. The summed E-state index contributed by atoms with van der Waals surface area (Å²) in [5, 5.41) is 12.5. The molecule has 0 spiro atoms. The largest absolute Gasteiger partial charge is 0.346 e. The number of carbonyl (C=O) groups excluding carboxylic acids is 1. The second kappa shape index (κ2) is 8.27. The minimum Gasteiger partial charge on any atom is -0.346 e. The number of amides is 1. The average Bonchev–Trinajstić information content (AvgIpc) is 3.39. The van der Waals surface area contributed by atoms with Crippen molar-refractivity contribution in [3.63, 3.8) is 0 Å². The smallest absolute Gasteiger partial charge is 0.279 e. The fraction of sp³-hybridized carbons (Fsp3) is 0.0417. The fourth-order valence-electron chi connectivity index (χ4n) is 3.53. The van der Waals surface area contributed by atoms with Crippen molar-refractivity contribution in [2.75, 3.05) is 0 Å². The molecule has 5 rings (SSSR count). The highest BCUT2D eigenvalue weighted by atomic mass is 16.2. The van der Waals surface area contributed by atoms with Crippen LogP contribution >= 0.6 is 0 Å². The maximum atomic E-state index is 13.2. The molecule has 0 aliphatic carbocycles. The van der Waals surface area contributed by atoms with Gasteiger partial charge in [-0.25, -0.2) is 9.67 Å². The van der Waals surface area contributed by atoms with Crippen LogP contribution in [0.2, 0.25) is 0 Å². The van der Waals surface area contributed by atoms with Crippen LogP contribution in [0.25, 0.3) is 22.3 Å². The van der Waals surface area contributed by atoms with E-state index in [2.05, 4.69) is 20.5 Å². The van der Waals surface area contributed by atoms with Gasteiger partial charge in [0, 0.05) is 36.1 Å². The van der Waals surface area contributed by atoms with E-state index in [1.54, 1.807) is 71.8 Å². The van der Waals surface area contributed by atoms with Gasteiger partial charge in [-0.05, 0) is 30.3 Å². The highest BCUT2D eigenvalue weighted by Crippen LogP contribution is 2.16. The van der Waals surface area contributed by atoms with E-state index < -0.39 is 0 Å². The third kappa shape index (κ3) is 3.54. The van der Waals surface area contributed by atoms with E-state index in [0.717, 1.165) is 5.56 Å². The Balaban J connectivity index is 1.52. The number of aromatic nitrogens is 5. The lowest BCUT2D eigenvalue weighted by Crippen LogP contribution is -2.30. The Morgan fingerprint density at radius 3 is 2.44 bits per heavy atom. The Bertz CT molecular complexity index is 1460. The summed E-state index contributed by atoms with van der Waals surface area (Å²) in [5.41, 5.74) is 1.28. The van der Waals surface area contributed by atoms with Crippen LogP contribution in [-0.4, -0.2) is 30.5 Å². The molecule has 0 saturated carbocycles. The number of nitrogens with zero attached hydrogens (tertiary/aromatic N) is 5. The summed E-state index contributed by atoms with van der Waals surface area (Å²) in [5.74, 6) is 0.242. The lowest BCUT2D eigenvalue weighted by Gasteiger charge is -2.12. The van der Waals surface area contributed by atoms with Gasteiger partial charge in [0.15, 0.2) is 11.5 Å². The van der Waals surface area contributed by atoms with Gasteiger partial charge in [-0.2, -0.15) is 14.9 Å². The normalized spacial score (nSPS) is 10.9. The molecule has 0 aliphatic rings.